The number of benzene rings is 1. The minimum atomic E-state index is -1.07. The van der Waals surface area contributed by atoms with Crippen LogP contribution in [0.15, 0.2) is 18.2 Å². The van der Waals surface area contributed by atoms with Crippen LogP contribution in [-0.2, 0) is 15.9 Å². The molecular formula is C12H14ClNO4. The van der Waals surface area contributed by atoms with Crippen molar-refractivity contribution in [2.75, 3.05) is 13.9 Å². The number of carboxylic acid groups (broad SMARTS) is 1. The van der Waals surface area contributed by atoms with E-state index in [2.05, 4.69) is 5.32 Å². The Morgan fingerprint density at radius 3 is 3.06 bits per heavy atom. The Labute approximate surface area is 110 Å². The van der Waals surface area contributed by atoms with Gasteiger partial charge < -0.3 is 19.9 Å². The zero-order chi connectivity index (χ0) is 13.1. The maximum Gasteiger partial charge on any atom is 0.404 e. The first-order valence-electron chi connectivity index (χ1n) is 5.50. The van der Waals surface area contributed by atoms with E-state index >= 15 is 0 Å². The van der Waals surface area contributed by atoms with Crippen molar-refractivity contribution >= 4 is 17.7 Å². The molecule has 0 spiro atoms. The Hall–Kier alpha value is -1.30. The summed E-state index contributed by atoms with van der Waals surface area (Å²) in [5.41, 5.74) is 1.84. The molecule has 98 valence electrons. The van der Waals surface area contributed by atoms with Gasteiger partial charge in [-0.1, -0.05) is 23.7 Å². The monoisotopic (exact) mass is 271 g/mol. The first-order valence-corrected chi connectivity index (χ1v) is 5.88. The number of amides is 1. The lowest BCUT2D eigenvalue weighted by molar-refractivity contribution is -0.0804. The van der Waals surface area contributed by atoms with Crippen molar-refractivity contribution in [2.24, 2.45) is 0 Å². The van der Waals surface area contributed by atoms with Gasteiger partial charge in [0.25, 0.3) is 0 Å². The Balaban J connectivity index is 2.26. The fraction of sp³-hybridized carbons (Fsp3) is 0.417. The molecule has 0 radical (unpaired) electrons. The van der Waals surface area contributed by atoms with E-state index in [4.69, 9.17) is 26.2 Å². The largest absolute Gasteiger partial charge is 0.465 e. The van der Waals surface area contributed by atoms with E-state index in [0.717, 1.165) is 11.1 Å². The van der Waals surface area contributed by atoms with Crippen LogP contribution in [-0.4, -0.2) is 31.1 Å². The van der Waals surface area contributed by atoms with Gasteiger partial charge in [-0.3, -0.25) is 0 Å². The maximum absolute atomic E-state index is 10.8. The topological polar surface area (TPSA) is 67.8 Å². The van der Waals surface area contributed by atoms with Crippen LogP contribution >= 0.6 is 11.6 Å². The smallest absolute Gasteiger partial charge is 0.404 e. The standard InChI is InChI=1S/C12H14ClNO4/c1-17-6-18-11-9(14-12(15)16)5-7-3-2-4-8(13)10(7)11/h2-4,9,11,14H,5-6H2,1H3,(H,15,16)/t9-,11-/m1/s1. The molecule has 1 aromatic carbocycles. The van der Waals surface area contributed by atoms with Gasteiger partial charge in [-0.15, -0.1) is 0 Å². The number of carbonyl (C=O) groups is 1. The molecule has 2 rings (SSSR count). The van der Waals surface area contributed by atoms with Crippen molar-refractivity contribution in [3.05, 3.63) is 34.3 Å². The lowest BCUT2D eigenvalue weighted by Gasteiger charge is -2.21. The van der Waals surface area contributed by atoms with Gasteiger partial charge in [-0.2, -0.15) is 0 Å². The third-order valence-corrected chi connectivity index (χ3v) is 3.24. The second-order valence-electron chi connectivity index (χ2n) is 4.07. The molecule has 0 saturated heterocycles. The highest BCUT2D eigenvalue weighted by Crippen LogP contribution is 2.38. The molecule has 1 aromatic rings. The average molecular weight is 272 g/mol. The summed E-state index contributed by atoms with van der Waals surface area (Å²) in [6.45, 7) is 0.0904. The molecule has 0 saturated carbocycles. The normalized spacial score (nSPS) is 21.7. The van der Waals surface area contributed by atoms with E-state index in [1.165, 1.54) is 7.11 Å². The van der Waals surface area contributed by atoms with E-state index in [1.54, 1.807) is 6.07 Å². The van der Waals surface area contributed by atoms with E-state index < -0.39 is 12.2 Å². The average Bonchev–Trinajstić information content (AvgIpc) is 2.64. The number of hydrogen-bond acceptors (Lipinski definition) is 3. The number of halogens is 1. The van der Waals surface area contributed by atoms with Gasteiger partial charge in [-0.25, -0.2) is 4.79 Å². The van der Waals surface area contributed by atoms with Crippen molar-refractivity contribution in [2.45, 2.75) is 18.6 Å². The summed E-state index contributed by atoms with van der Waals surface area (Å²) in [6.07, 6.45) is -0.920. The van der Waals surface area contributed by atoms with Gasteiger partial charge in [0.15, 0.2) is 0 Å². The molecule has 0 aliphatic heterocycles. The van der Waals surface area contributed by atoms with Gasteiger partial charge in [0.05, 0.1) is 6.04 Å². The van der Waals surface area contributed by atoms with Crippen LogP contribution in [0.1, 0.15) is 17.2 Å². The molecule has 1 amide bonds. The molecule has 2 N–H and O–H groups in total. The van der Waals surface area contributed by atoms with Crippen LogP contribution in [0, 0.1) is 0 Å². The number of methoxy groups -OCH3 is 1. The summed E-state index contributed by atoms with van der Waals surface area (Å²) in [5, 5.41) is 11.9. The van der Waals surface area contributed by atoms with Crippen LogP contribution in [0.2, 0.25) is 5.02 Å². The summed E-state index contributed by atoms with van der Waals surface area (Å²) in [6, 6.07) is 5.20. The van der Waals surface area contributed by atoms with Crippen molar-refractivity contribution < 1.29 is 19.4 Å². The zero-order valence-corrected chi connectivity index (χ0v) is 10.6. The SMILES string of the molecule is COCO[C@H]1c2c(Cl)cccc2C[C@H]1NC(=O)O. The quantitative estimate of drug-likeness (QED) is 0.824. The molecule has 1 aliphatic carbocycles. The first-order chi connectivity index (χ1) is 8.63. The summed E-state index contributed by atoms with van der Waals surface area (Å²) >= 11 is 6.15. The molecule has 0 bridgehead atoms. The first kappa shape index (κ1) is 13.1. The van der Waals surface area contributed by atoms with E-state index in [0.29, 0.717) is 11.4 Å². The maximum atomic E-state index is 10.8. The Kier molecular flexibility index (Phi) is 4.06. The van der Waals surface area contributed by atoms with E-state index in [1.807, 2.05) is 12.1 Å². The predicted octanol–water partition coefficient (Wildman–Crippen LogP) is 2.19. The molecule has 5 nitrogen and oxygen atoms in total. The Morgan fingerprint density at radius 2 is 2.39 bits per heavy atom. The van der Waals surface area contributed by atoms with Crippen molar-refractivity contribution in [1.82, 2.24) is 5.32 Å². The summed E-state index contributed by atoms with van der Waals surface area (Å²) < 4.78 is 10.4. The Morgan fingerprint density at radius 1 is 1.61 bits per heavy atom. The fourth-order valence-corrected chi connectivity index (χ4v) is 2.55. The minimum absolute atomic E-state index is 0.0904. The summed E-state index contributed by atoms with van der Waals surface area (Å²) in [5.74, 6) is 0. The van der Waals surface area contributed by atoms with Gasteiger partial charge in [0.2, 0.25) is 0 Å². The second-order valence-corrected chi connectivity index (χ2v) is 4.47. The van der Waals surface area contributed by atoms with Crippen molar-refractivity contribution in [1.29, 1.82) is 0 Å². The number of ether oxygens (including phenoxy) is 2. The highest BCUT2D eigenvalue weighted by atomic mass is 35.5. The lowest BCUT2D eigenvalue weighted by Crippen LogP contribution is -2.37. The zero-order valence-electron chi connectivity index (χ0n) is 9.85. The van der Waals surface area contributed by atoms with Crippen LogP contribution < -0.4 is 5.32 Å². The number of hydrogen-bond donors (Lipinski definition) is 2. The second kappa shape index (κ2) is 5.56. The number of nitrogens with one attached hydrogen (secondary N) is 1. The van der Waals surface area contributed by atoms with Gasteiger partial charge in [0.1, 0.15) is 12.9 Å². The number of rotatable bonds is 4. The van der Waals surface area contributed by atoms with Crippen molar-refractivity contribution in [3.8, 4) is 0 Å². The number of fused-ring (bicyclic) bond motifs is 1. The molecule has 18 heavy (non-hydrogen) atoms. The van der Waals surface area contributed by atoms with Gasteiger partial charge in [0, 0.05) is 17.7 Å². The molecule has 6 heteroatoms. The third kappa shape index (κ3) is 2.58. The summed E-state index contributed by atoms with van der Waals surface area (Å²) in [4.78, 5) is 10.8. The highest BCUT2D eigenvalue weighted by Gasteiger charge is 2.36. The van der Waals surface area contributed by atoms with Crippen LogP contribution in [0.5, 0.6) is 0 Å². The van der Waals surface area contributed by atoms with E-state index in [-0.39, 0.29) is 12.8 Å². The predicted molar refractivity (Wildman–Crippen MR) is 65.8 cm³/mol. The molecular weight excluding hydrogens is 258 g/mol. The minimum Gasteiger partial charge on any atom is -0.465 e. The van der Waals surface area contributed by atoms with Crippen molar-refractivity contribution in [3.63, 3.8) is 0 Å². The van der Waals surface area contributed by atoms with Crippen LogP contribution in [0.25, 0.3) is 0 Å². The van der Waals surface area contributed by atoms with Gasteiger partial charge >= 0.3 is 6.09 Å². The highest BCUT2D eigenvalue weighted by molar-refractivity contribution is 6.31. The molecule has 2 atom stereocenters. The molecule has 0 heterocycles. The molecule has 0 fully saturated rings. The fourth-order valence-electron chi connectivity index (χ4n) is 2.25. The molecule has 1 aliphatic rings. The van der Waals surface area contributed by atoms with Gasteiger partial charge in [-0.05, 0) is 18.1 Å². The summed E-state index contributed by atoms with van der Waals surface area (Å²) in [7, 11) is 1.52. The molecule has 0 aromatic heterocycles. The Bertz CT molecular complexity index is 452. The third-order valence-electron chi connectivity index (χ3n) is 2.91. The van der Waals surface area contributed by atoms with Crippen LogP contribution in [0.4, 0.5) is 4.79 Å². The van der Waals surface area contributed by atoms with Crippen LogP contribution in [0.3, 0.4) is 0 Å². The molecule has 0 unspecified atom stereocenters. The lowest BCUT2D eigenvalue weighted by atomic mass is 10.1. The van der Waals surface area contributed by atoms with E-state index in [9.17, 15) is 4.79 Å².